The SMILES string of the molecule is [2H]C([2H])([2H])c1c(-c2cccc(-n3c4ccccc4c4c3c3ccccc3n4-c3ccccc3)c2)ccc(C)c1-c1cccc2c1Oc1ccccc1C2(C)C([2H])([2H])[2H]. The molecule has 0 amide bonds. The topological polar surface area (TPSA) is 19.1 Å². The maximum atomic E-state index is 9.06. The zero-order valence-corrected chi connectivity index (χ0v) is 28.8. The molecular formula is C49H38N2O. The van der Waals surface area contributed by atoms with E-state index in [0.29, 0.717) is 39.3 Å². The summed E-state index contributed by atoms with van der Waals surface area (Å²) in [5.74, 6) is 0.798. The smallest absolute Gasteiger partial charge is 0.139 e. The van der Waals surface area contributed by atoms with Crippen LogP contribution < -0.4 is 4.74 Å². The Labute approximate surface area is 312 Å². The number of ether oxygens (including phenoxy) is 1. The quantitative estimate of drug-likeness (QED) is 0.182. The number of nitrogens with zero attached hydrogens (tertiary/aromatic N) is 2. The van der Waals surface area contributed by atoms with Gasteiger partial charge in [0.15, 0.2) is 0 Å². The number of hydrogen-bond acceptors (Lipinski definition) is 1. The van der Waals surface area contributed by atoms with Gasteiger partial charge in [0.25, 0.3) is 0 Å². The van der Waals surface area contributed by atoms with Gasteiger partial charge < -0.3 is 13.9 Å². The van der Waals surface area contributed by atoms with Gasteiger partial charge >= 0.3 is 0 Å². The number of rotatable bonds is 4. The van der Waals surface area contributed by atoms with Gasteiger partial charge in [0, 0.05) is 52.5 Å². The second-order valence-electron chi connectivity index (χ2n) is 13.9. The van der Waals surface area contributed by atoms with Gasteiger partial charge in [-0.3, -0.25) is 0 Å². The molecule has 1 aliphatic heterocycles. The van der Waals surface area contributed by atoms with Crippen LogP contribution in [0.15, 0.2) is 158 Å². The standard InChI is InChI=1S/C49H38N2O/c1-31-28-29-36(32(2)45(31)39-22-15-24-41-48(39)52-44-27-13-10-23-40(44)49(41,3)4)33-16-14-19-35(30-33)51-43-26-12-9-21-38(43)46-47(51)37-20-8-11-25-42(37)50(46)34-17-6-5-7-18-34/h5-30H,1-4H3/i2D3,3D3. The van der Waals surface area contributed by atoms with Crippen molar-refractivity contribution >= 4 is 32.8 Å². The van der Waals surface area contributed by atoms with Crippen molar-refractivity contribution in [3.63, 3.8) is 0 Å². The summed E-state index contributed by atoms with van der Waals surface area (Å²) in [7, 11) is 0. The van der Waals surface area contributed by atoms with Gasteiger partial charge in [-0.1, -0.05) is 129 Å². The lowest BCUT2D eigenvalue weighted by Gasteiger charge is -2.35. The van der Waals surface area contributed by atoms with E-state index >= 15 is 0 Å². The highest BCUT2D eigenvalue weighted by Crippen LogP contribution is 2.52. The van der Waals surface area contributed by atoms with E-state index in [0.717, 1.165) is 55.3 Å². The molecule has 3 heteroatoms. The Hall–Kier alpha value is -6.32. The largest absolute Gasteiger partial charge is 0.456 e. The summed E-state index contributed by atoms with van der Waals surface area (Å²) in [6, 6.07) is 51.8. The van der Waals surface area contributed by atoms with Gasteiger partial charge in [-0.15, -0.1) is 0 Å². The molecule has 0 bridgehead atoms. The lowest BCUT2D eigenvalue weighted by Crippen LogP contribution is -2.24. The van der Waals surface area contributed by atoms with E-state index in [1.54, 1.807) is 31.2 Å². The molecule has 0 N–H and O–H groups in total. The molecule has 1 unspecified atom stereocenters. The molecule has 0 radical (unpaired) electrons. The molecule has 0 fully saturated rings. The summed E-state index contributed by atoms with van der Waals surface area (Å²) in [5, 5.41) is 2.20. The van der Waals surface area contributed by atoms with Crippen molar-refractivity contribution in [3.05, 3.63) is 180 Å². The number of para-hydroxylation sites is 5. The number of aryl methyl sites for hydroxylation is 1. The Morgan fingerprint density at radius 3 is 1.96 bits per heavy atom. The van der Waals surface area contributed by atoms with Crippen LogP contribution in [-0.4, -0.2) is 9.13 Å². The molecule has 1 atom stereocenters. The first-order valence-electron chi connectivity index (χ1n) is 20.6. The molecule has 9 aromatic rings. The molecule has 250 valence electrons. The minimum absolute atomic E-state index is 0.180. The van der Waals surface area contributed by atoms with Gasteiger partial charge in [0.1, 0.15) is 11.5 Å². The molecule has 0 spiro atoms. The maximum Gasteiger partial charge on any atom is 0.139 e. The van der Waals surface area contributed by atoms with Gasteiger partial charge in [-0.25, -0.2) is 0 Å². The predicted molar refractivity (Wildman–Crippen MR) is 217 cm³/mol. The average Bonchev–Trinajstić information content (AvgIpc) is 3.73. The fraction of sp³-hybridized carbons (Fsp3) is 0.102. The first-order chi connectivity index (χ1) is 27.9. The summed E-state index contributed by atoms with van der Waals surface area (Å²) in [4.78, 5) is 0. The van der Waals surface area contributed by atoms with Crippen LogP contribution in [0.2, 0.25) is 0 Å². The molecule has 2 aromatic heterocycles. The monoisotopic (exact) mass is 676 g/mol. The van der Waals surface area contributed by atoms with Crippen LogP contribution >= 0.6 is 0 Å². The van der Waals surface area contributed by atoms with E-state index in [4.69, 9.17) is 13.0 Å². The Bertz CT molecular complexity index is 3090. The van der Waals surface area contributed by atoms with Gasteiger partial charge in [0.2, 0.25) is 0 Å². The summed E-state index contributed by atoms with van der Waals surface area (Å²) in [5.41, 5.74) is 9.16. The number of fused-ring (bicyclic) bond motifs is 7. The summed E-state index contributed by atoms with van der Waals surface area (Å²) >= 11 is 0. The molecule has 0 saturated heterocycles. The Kier molecular flexibility index (Phi) is 5.40. The zero-order chi connectivity index (χ0) is 40.1. The minimum atomic E-state index is -2.55. The number of aromatic nitrogens is 2. The van der Waals surface area contributed by atoms with Crippen molar-refractivity contribution in [3.8, 4) is 45.1 Å². The van der Waals surface area contributed by atoms with Gasteiger partial charge in [-0.05, 0) is 84.1 Å². The number of hydrogen-bond donors (Lipinski definition) is 0. The van der Waals surface area contributed by atoms with Crippen molar-refractivity contribution in [1.29, 1.82) is 0 Å². The Morgan fingerprint density at radius 1 is 0.577 bits per heavy atom. The Morgan fingerprint density at radius 2 is 1.21 bits per heavy atom. The molecule has 0 saturated carbocycles. The lowest BCUT2D eigenvalue weighted by molar-refractivity contribution is 0.419. The van der Waals surface area contributed by atoms with Crippen molar-refractivity contribution in [2.75, 3.05) is 0 Å². The van der Waals surface area contributed by atoms with Crippen molar-refractivity contribution in [1.82, 2.24) is 9.13 Å². The first kappa shape index (κ1) is 24.8. The van der Waals surface area contributed by atoms with E-state index < -0.39 is 19.1 Å². The molecular weight excluding hydrogens is 633 g/mol. The predicted octanol–water partition coefficient (Wildman–Crippen LogP) is 13.1. The molecule has 1 aliphatic rings. The van der Waals surface area contributed by atoms with E-state index in [9.17, 15) is 0 Å². The van der Waals surface area contributed by atoms with Crippen LogP contribution in [0, 0.1) is 13.8 Å². The fourth-order valence-electron chi connectivity index (χ4n) is 8.37. The van der Waals surface area contributed by atoms with Crippen LogP contribution in [0.25, 0.3) is 66.5 Å². The van der Waals surface area contributed by atoms with Crippen LogP contribution in [0.3, 0.4) is 0 Å². The fourth-order valence-corrected chi connectivity index (χ4v) is 8.37. The summed E-state index contributed by atoms with van der Waals surface area (Å²) in [6.45, 7) is -1.35. The second kappa shape index (κ2) is 11.3. The third kappa shape index (κ3) is 4.32. The number of benzene rings is 7. The summed E-state index contributed by atoms with van der Waals surface area (Å²) in [6.07, 6.45) is 0. The van der Waals surface area contributed by atoms with Crippen LogP contribution in [-0.2, 0) is 5.41 Å². The third-order valence-electron chi connectivity index (χ3n) is 10.8. The lowest BCUT2D eigenvalue weighted by atomic mass is 9.74. The van der Waals surface area contributed by atoms with E-state index in [2.05, 4.69) is 88.0 Å². The van der Waals surface area contributed by atoms with Crippen molar-refractivity contribution < 1.29 is 13.0 Å². The minimum Gasteiger partial charge on any atom is -0.456 e. The highest BCUT2D eigenvalue weighted by atomic mass is 16.5. The maximum absolute atomic E-state index is 9.06. The molecule has 52 heavy (non-hydrogen) atoms. The summed E-state index contributed by atoms with van der Waals surface area (Å²) < 4.78 is 64.6. The third-order valence-corrected chi connectivity index (χ3v) is 10.8. The van der Waals surface area contributed by atoms with E-state index in [-0.39, 0.29) is 5.56 Å². The highest BCUT2D eigenvalue weighted by Gasteiger charge is 2.35. The first-order valence-corrected chi connectivity index (χ1v) is 17.6. The average molecular weight is 677 g/mol. The zero-order valence-electron chi connectivity index (χ0n) is 34.8. The Balaban J connectivity index is 1.22. The van der Waals surface area contributed by atoms with Crippen molar-refractivity contribution in [2.24, 2.45) is 0 Å². The second-order valence-corrected chi connectivity index (χ2v) is 13.9. The van der Waals surface area contributed by atoms with Gasteiger partial charge in [0.05, 0.1) is 22.1 Å². The molecule has 3 nitrogen and oxygen atoms in total. The van der Waals surface area contributed by atoms with Crippen molar-refractivity contribution in [2.45, 2.75) is 33.0 Å². The molecule has 0 aliphatic carbocycles. The molecule has 3 heterocycles. The van der Waals surface area contributed by atoms with Gasteiger partial charge in [-0.2, -0.15) is 0 Å². The normalized spacial score (nSPS) is 17.3. The molecule has 7 aromatic carbocycles. The highest BCUT2D eigenvalue weighted by molar-refractivity contribution is 6.20. The van der Waals surface area contributed by atoms with Crippen LogP contribution in [0.4, 0.5) is 0 Å². The van der Waals surface area contributed by atoms with E-state index in [1.807, 2.05) is 61.5 Å². The van der Waals surface area contributed by atoms with Crippen LogP contribution in [0.5, 0.6) is 11.5 Å². The van der Waals surface area contributed by atoms with E-state index in [1.165, 1.54) is 0 Å². The molecule has 10 rings (SSSR count). The van der Waals surface area contributed by atoms with Crippen LogP contribution in [0.1, 0.15) is 44.3 Å².